The zero-order valence-corrected chi connectivity index (χ0v) is 17.8. The van der Waals surface area contributed by atoms with Gasteiger partial charge in [0.1, 0.15) is 11.9 Å². The normalized spacial score (nSPS) is 15.9. The van der Waals surface area contributed by atoms with Gasteiger partial charge in [-0.15, -0.1) is 0 Å². The van der Waals surface area contributed by atoms with Crippen molar-refractivity contribution in [1.82, 2.24) is 9.88 Å². The summed E-state index contributed by atoms with van der Waals surface area (Å²) in [6.45, 7) is 0.0852. The number of rotatable bonds is 5. The monoisotopic (exact) mass is 481 g/mol. The van der Waals surface area contributed by atoms with Crippen LogP contribution in [0.2, 0.25) is 0 Å². The molecular formula is C23H17BrFN3O3. The van der Waals surface area contributed by atoms with Crippen LogP contribution in [0.25, 0.3) is 0 Å². The molecule has 0 N–H and O–H groups in total. The van der Waals surface area contributed by atoms with E-state index in [4.69, 9.17) is 0 Å². The third kappa shape index (κ3) is 4.39. The highest BCUT2D eigenvalue weighted by atomic mass is 79.9. The molecule has 6 nitrogen and oxygen atoms in total. The number of benzene rings is 2. The molecule has 3 aromatic rings. The Morgan fingerprint density at radius 3 is 2.45 bits per heavy atom. The Morgan fingerprint density at radius 2 is 1.81 bits per heavy atom. The van der Waals surface area contributed by atoms with E-state index in [2.05, 4.69) is 20.9 Å². The minimum absolute atomic E-state index is 0.0852. The number of hydrogen-bond acceptors (Lipinski definition) is 4. The topological polar surface area (TPSA) is 70.6 Å². The first-order chi connectivity index (χ1) is 14.9. The standard InChI is InChI=1S/C23H17BrFN3O3/c24-17-5-9-19(10-6-17)28-21(29)12-20(23(28)31)27(14-15-2-1-11-26-13-15)22(30)16-3-7-18(25)8-4-16/h1-11,13,20H,12,14H2. The largest absolute Gasteiger partial charge is 0.322 e. The lowest BCUT2D eigenvalue weighted by molar-refractivity contribution is -0.122. The molecule has 1 fully saturated rings. The number of anilines is 1. The molecule has 1 aromatic heterocycles. The van der Waals surface area contributed by atoms with Crippen LogP contribution < -0.4 is 4.90 Å². The van der Waals surface area contributed by atoms with Gasteiger partial charge in [0.25, 0.3) is 11.8 Å². The fourth-order valence-electron chi connectivity index (χ4n) is 3.49. The Hall–Kier alpha value is -3.39. The number of amides is 3. The van der Waals surface area contributed by atoms with Crippen LogP contribution in [0.15, 0.2) is 77.5 Å². The third-order valence-electron chi connectivity index (χ3n) is 5.01. The van der Waals surface area contributed by atoms with Crippen LogP contribution in [0.1, 0.15) is 22.3 Å². The summed E-state index contributed by atoms with van der Waals surface area (Å²) < 4.78 is 14.2. The van der Waals surface area contributed by atoms with Crippen LogP contribution >= 0.6 is 15.9 Å². The molecule has 0 radical (unpaired) electrons. The predicted octanol–water partition coefficient (Wildman–Crippen LogP) is 3.96. The van der Waals surface area contributed by atoms with Gasteiger partial charge in [0, 0.05) is 29.0 Å². The summed E-state index contributed by atoms with van der Waals surface area (Å²) in [6.07, 6.45) is 3.07. The summed E-state index contributed by atoms with van der Waals surface area (Å²) >= 11 is 3.33. The number of halogens is 2. The molecule has 2 heterocycles. The molecular weight excluding hydrogens is 465 g/mol. The average Bonchev–Trinajstić information content (AvgIpc) is 3.07. The Bertz CT molecular complexity index is 1120. The van der Waals surface area contributed by atoms with Crippen molar-refractivity contribution < 1.29 is 18.8 Å². The van der Waals surface area contributed by atoms with Gasteiger partial charge in [-0.1, -0.05) is 22.0 Å². The van der Waals surface area contributed by atoms with Crippen molar-refractivity contribution in [2.24, 2.45) is 0 Å². The van der Waals surface area contributed by atoms with Crippen molar-refractivity contribution in [3.63, 3.8) is 0 Å². The summed E-state index contributed by atoms with van der Waals surface area (Å²) in [5, 5.41) is 0. The highest BCUT2D eigenvalue weighted by molar-refractivity contribution is 9.10. The van der Waals surface area contributed by atoms with Crippen LogP contribution in [0, 0.1) is 5.82 Å². The van der Waals surface area contributed by atoms with Gasteiger partial charge < -0.3 is 4.90 Å². The number of aromatic nitrogens is 1. The van der Waals surface area contributed by atoms with Crippen molar-refractivity contribution in [3.8, 4) is 0 Å². The molecule has 1 saturated heterocycles. The predicted molar refractivity (Wildman–Crippen MR) is 116 cm³/mol. The Morgan fingerprint density at radius 1 is 1.10 bits per heavy atom. The third-order valence-corrected chi connectivity index (χ3v) is 5.54. The van der Waals surface area contributed by atoms with Crippen molar-refractivity contribution in [2.75, 3.05) is 4.90 Å². The summed E-state index contributed by atoms with van der Waals surface area (Å²) in [6, 6.07) is 14.4. The van der Waals surface area contributed by atoms with Gasteiger partial charge in [0.05, 0.1) is 12.1 Å². The van der Waals surface area contributed by atoms with Crippen LogP contribution in [0.3, 0.4) is 0 Å². The van der Waals surface area contributed by atoms with Crippen LogP contribution in [0.4, 0.5) is 10.1 Å². The second kappa shape index (κ2) is 8.77. The van der Waals surface area contributed by atoms with Crippen molar-refractivity contribution in [2.45, 2.75) is 19.0 Å². The lowest BCUT2D eigenvalue weighted by atomic mass is 10.1. The molecule has 0 spiro atoms. The number of imide groups is 1. The van der Waals surface area contributed by atoms with Gasteiger partial charge >= 0.3 is 0 Å². The molecule has 0 aliphatic carbocycles. The van der Waals surface area contributed by atoms with Crippen molar-refractivity contribution >= 4 is 39.3 Å². The van der Waals surface area contributed by atoms with Crippen LogP contribution in [-0.2, 0) is 16.1 Å². The maximum atomic E-state index is 13.3. The number of pyridine rings is 1. The molecule has 1 aliphatic heterocycles. The van der Waals surface area contributed by atoms with E-state index < -0.39 is 23.7 Å². The number of carbonyl (C=O) groups excluding carboxylic acids is 3. The van der Waals surface area contributed by atoms with E-state index >= 15 is 0 Å². The fraction of sp³-hybridized carbons (Fsp3) is 0.130. The molecule has 1 aliphatic rings. The maximum absolute atomic E-state index is 13.3. The zero-order chi connectivity index (χ0) is 22.0. The molecule has 3 amide bonds. The second-order valence-corrected chi connectivity index (χ2v) is 7.98. The van der Waals surface area contributed by atoms with E-state index in [1.807, 2.05) is 0 Å². The van der Waals surface area contributed by atoms with E-state index in [1.165, 1.54) is 29.2 Å². The van der Waals surface area contributed by atoms with Crippen molar-refractivity contribution in [1.29, 1.82) is 0 Å². The second-order valence-electron chi connectivity index (χ2n) is 7.06. The van der Waals surface area contributed by atoms with Gasteiger partial charge in [0.2, 0.25) is 5.91 Å². The molecule has 8 heteroatoms. The molecule has 2 aromatic carbocycles. The first-order valence-electron chi connectivity index (χ1n) is 9.52. The van der Waals surface area contributed by atoms with E-state index in [-0.39, 0.29) is 24.4 Å². The van der Waals surface area contributed by atoms with Crippen molar-refractivity contribution in [3.05, 3.63) is 94.5 Å². The van der Waals surface area contributed by atoms with E-state index in [0.717, 1.165) is 9.37 Å². The zero-order valence-electron chi connectivity index (χ0n) is 16.2. The number of nitrogens with zero attached hydrogens (tertiary/aromatic N) is 3. The SMILES string of the molecule is O=C1CC(N(Cc2cccnc2)C(=O)c2ccc(F)cc2)C(=O)N1c1ccc(Br)cc1. The van der Waals surface area contributed by atoms with E-state index in [0.29, 0.717) is 11.3 Å². The van der Waals surface area contributed by atoms with Gasteiger partial charge in [-0.3, -0.25) is 19.4 Å². The summed E-state index contributed by atoms with van der Waals surface area (Å²) in [5.41, 5.74) is 1.38. The molecule has 156 valence electrons. The Balaban J connectivity index is 1.68. The van der Waals surface area contributed by atoms with Gasteiger partial charge in [-0.25, -0.2) is 9.29 Å². The molecule has 4 rings (SSSR count). The smallest absolute Gasteiger partial charge is 0.257 e. The van der Waals surface area contributed by atoms with E-state index in [9.17, 15) is 18.8 Å². The molecule has 31 heavy (non-hydrogen) atoms. The molecule has 0 saturated carbocycles. The van der Waals surface area contributed by atoms with E-state index in [1.54, 1.807) is 48.8 Å². The highest BCUT2D eigenvalue weighted by Crippen LogP contribution is 2.28. The maximum Gasteiger partial charge on any atom is 0.257 e. The average molecular weight is 482 g/mol. The molecule has 1 unspecified atom stereocenters. The van der Waals surface area contributed by atoms with Gasteiger partial charge in [-0.05, 0) is 60.2 Å². The summed E-state index contributed by atoms with van der Waals surface area (Å²) in [5.74, 6) is -1.80. The Kier molecular flexibility index (Phi) is 5.90. The molecule has 0 bridgehead atoms. The van der Waals surface area contributed by atoms with Gasteiger partial charge in [0.15, 0.2) is 0 Å². The van der Waals surface area contributed by atoms with Gasteiger partial charge in [-0.2, -0.15) is 0 Å². The van der Waals surface area contributed by atoms with Crippen LogP contribution in [-0.4, -0.2) is 33.6 Å². The fourth-order valence-corrected chi connectivity index (χ4v) is 3.76. The minimum atomic E-state index is -0.978. The lowest BCUT2D eigenvalue weighted by Crippen LogP contribution is -2.45. The molecule has 1 atom stereocenters. The highest BCUT2D eigenvalue weighted by Gasteiger charge is 2.44. The summed E-state index contributed by atoms with van der Waals surface area (Å²) in [4.78, 5) is 45.8. The number of hydrogen-bond donors (Lipinski definition) is 0. The van der Waals surface area contributed by atoms with Crippen LogP contribution in [0.5, 0.6) is 0 Å². The minimum Gasteiger partial charge on any atom is -0.322 e. The lowest BCUT2D eigenvalue weighted by Gasteiger charge is -2.28. The Labute approximate surface area is 186 Å². The summed E-state index contributed by atoms with van der Waals surface area (Å²) in [7, 11) is 0. The number of carbonyl (C=O) groups is 3. The quantitative estimate of drug-likeness (QED) is 0.517. The first kappa shape index (κ1) is 20.9. The first-order valence-corrected chi connectivity index (χ1v) is 10.3.